The van der Waals surface area contributed by atoms with Gasteiger partial charge in [-0.05, 0) is 53.1 Å². The largest absolute Gasteiger partial charge is 0.297 e. The van der Waals surface area contributed by atoms with Crippen LogP contribution in [0.4, 0.5) is 0 Å². The molecule has 7 heterocycles. The average molecular weight is 742 g/mol. The summed E-state index contributed by atoms with van der Waals surface area (Å²) in [5.41, 5.74) is 17.6. The lowest BCUT2D eigenvalue weighted by Crippen LogP contribution is -1.95. The second kappa shape index (κ2) is 12.8. The van der Waals surface area contributed by atoms with Crippen molar-refractivity contribution in [1.82, 2.24) is 33.7 Å². The predicted octanol–water partition coefficient (Wildman–Crippen LogP) is 12.1. The molecule has 0 aliphatic rings. The normalized spacial score (nSPS) is 11.8. The number of aromatic nitrogens is 7. The summed E-state index contributed by atoms with van der Waals surface area (Å²) < 4.78 is 4.42. The first-order chi connectivity index (χ1) is 28.7. The third-order valence-electron chi connectivity index (χ3n) is 11.2. The molecule has 12 rings (SSSR count). The van der Waals surface area contributed by atoms with E-state index in [0.29, 0.717) is 0 Å². The quantitative estimate of drug-likeness (QED) is 0.176. The lowest BCUT2D eigenvalue weighted by atomic mass is 9.99. The molecule has 7 heteroatoms. The van der Waals surface area contributed by atoms with Crippen molar-refractivity contribution in [2.45, 2.75) is 0 Å². The molecule has 0 saturated heterocycles. The Bertz CT molecular complexity index is 3540. The molecule has 7 nitrogen and oxygen atoms in total. The molecular formula is C51H31N7. The van der Waals surface area contributed by atoms with Gasteiger partial charge in [0.2, 0.25) is 0 Å². The minimum atomic E-state index is 0.863. The highest BCUT2D eigenvalue weighted by molar-refractivity contribution is 6.11. The van der Waals surface area contributed by atoms with Crippen LogP contribution in [-0.2, 0) is 0 Å². The second-order valence-electron chi connectivity index (χ2n) is 14.6. The van der Waals surface area contributed by atoms with Gasteiger partial charge in [-0.25, -0.2) is 19.9 Å². The molecule has 0 atom stereocenters. The van der Waals surface area contributed by atoms with Crippen LogP contribution in [0.25, 0.3) is 111 Å². The molecule has 5 aromatic carbocycles. The molecule has 58 heavy (non-hydrogen) atoms. The van der Waals surface area contributed by atoms with Gasteiger partial charge in [0, 0.05) is 63.4 Å². The van der Waals surface area contributed by atoms with Crippen LogP contribution in [0.3, 0.4) is 0 Å². The lowest BCUT2D eigenvalue weighted by Gasteiger charge is -2.12. The second-order valence-corrected chi connectivity index (χ2v) is 14.6. The maximum Gasteiger partial charge on any atom is 0.145 e. The molecule has 0 aliphatic heterocycles. The Balaban J connectivity index is 1.09. The van der Waals surface area contributed by atoms with Gasteiger partial charge in [-0.2, -0.15) is 0 Å². The Hall–Kier alpha value is -8.03. The van der Waals surface area contributed by atoms with Crippen LogP contribution < -0.4 is 0 Å². The fraction of sp³-hybridized carbons (Fsp3) is 0. The standard InChI is InChI=1S/C51H31N7/c1-3-12-32(13-4-1)38-28-41(51-56-48-40-18-8-10-20-43(40)53-45(50(48)58(51)31-38)34-14-5-2-6-15-34)33-21-23-35(24-22-33)46-49-47(39-17-7-9-19-42(39)54-46)55-44-26-25-37(30-57(44)49)36-16-11-27-52-29-36/h1-31H. The first-order valence-electron chi connectivity index (χ1n) is 19.3. The third-order valence-corrected chi connectivity index (χ3v) is 11.2. The van der Waals surface area contributed by atoms with Crippen LogP contribution in [-0.4, -0.2) is 33.7 Å². The fourth-order valence-corrected chi connectivity index (χ4v) is 8.42. The minimum Gasteiger partial charge on any atom is -0.297 e. The summed E-state index contributed by atoms with van der Waals surface area (Å²) >= 11 is 0. The number of benzene rings is 5. The van der Waals surface area contributed by atoms with E-state index >= 15 is 0 Å². The van der Waals surface area contributed by atoms with Gasteiger partial charge in [0.1, 0.15) is 22.3 Å². The summed E-state index contributed by atoms with van der Waals surface area (Å²) in [5, 5.41) is 2.04. The Morgan fingerprint density at radius 3 is 1.62 bits per heavy atom. The van der Waals surface area contributed by atoms with Crippen molar-refractivity contribution >= 4 is 55.2 Å². The number of rotatable bonds is 5. The fourth-order valence-electron chi connectivity index (χ4n) is 8.42. The lowest BCUT2D eigenvalue weighted by molar-refractivity contribution is 1.21. The maximum absolute atomic E-state index is 5.45. The summed E-state index contributed by atoms with van der Waals surface area (Å²) in [6.45, 7) is 0. The monoisotopic (exact) mass is 741 g/mol. The van der Waals surface area contributed by atoms with Gasteiger partial charge in [-0.3, -0.25) is 13.8 Å². The van der Waals surface area contributed by atoms with E-state index in [4.69, 9.17) is 19.9 Å². The molecule has 0 fully saturated rings. The van der Waals surface area contributed by atoms with Crippen molar-refractivity contribution in [3.8, 4) is 55.9 Å². The summed E-state index contributed by atoms with van der Waals surface area (Å²) in [6.07, 6.45) is 8.04. The van der Waals surface area contributed by atoms with Gasteiger partial charge in [0.15, 0.2) is 0 Å². The Labute approximate surface area is 332 Å². The summed E-state index contributed by atoms with van der Waals surface area (Å²) in [4.78, 5) is 25.5. The van der Waals surface area contributed by atoms with Crippen LogP contribution in [0, 0.1) is 0 Å². The molecule has 7 aromatic heterocycles. The van der Waals surface area contributed by atoms with Gasteiger partial charge in [0.05, 0.1) is 33.5 Å². The van der Waals surface area contributed by atoms with Gasteiger partial charge >= 0.3 is 0 Å². The Kier molecular flexibility index (Phi) is 7.09. The molecule has 0 N–H and O–H groups in total. The molecule has 0 aliphatic carbocycles. The van der Waals surface area contributed by atoms with Crippen molar-refractivity contribution in [3.63, 3.8) is 0 Å². The number of hydrogen-bond acceptors (Lipinski definition) is 5. The minimum absolute atomic E-state index is 0.863. The van der Waals surface area contributed by atoms with Crippen LogP contribution >= 0.6 is 0 Å². The number of imidazole rings is 2. The predicted molar refractivity (Wildman–Crippen MR) is 235 cm³/mol. The first-order valence-corrected chi connectivity index (χ1v) is 19.3. The van der Waals surface area contributed by atoms with E-state index in [2.05, 4.69) is 160 Å². The molecule has 270 valence electrons. The zero-order chi connectivity index (χ0) is 38.2. The van der Waals surface area contributed by atoms with E-state index in [9.17, 15) is 0 Å². The smallest absolute Gasteiger partial charge is 0.145 e. The highest BCUT2D eigenvalue weighted by Crippen LogP contribution is 2.39. The van der Waals surface area contributed by atoms with Gasteiger partial charge < -0.3 is 0 Å². The average Bonchev–Trinajstić information content (AvgIpc) is 3.89. The molecule has 0 amide bonds. The van der Waals surface area contributed by atoms with Gasteiger partial charge in [0.25, 0.3) is 0 Å². The van der Waals surface area contributed by atoms with Crippen LogP contribution in [0.1, 0.15) is 0 Å². The van der Waals surface area contributed by atoms with Crippen molar-refractivity contribution in [3.05, 3.63) is 189 Å². The van der Waals surface area contributed by atoms with E-state index in [1.807, 2.05) is 36.5 Å². The van der Waals surface area contributed by atoms with Crippen LogP contribution in [0.5, 0.6) is 0 Å². The molecule has 0 spiro atoms. The first kappa shape index (κ1) is 32.2. The molecule has 0 unspecified atom stereocenters. The van der Waals surface area contributed by atoms with Crippen molar-refractivity contribution in [1.29, 1.82) is 0 Å². The van der Waals surface area contributed by atoms with Gasteiger partial charge in [-0.15, -0.1) is 0 Å². The topological polar surface area (TPSA) is 73.3 Å². The Morgan fingerprint density at radius 2 is 0.931 bits per heavy atom. The summed E-state index contributed by atoms with van der Waals surface area (Å²) in [7, 11) is 0. The number of para-hydroxylation sites is 2. The molecule has 12 aromatic rings. The van der Waals surface area contributed by atoms with E-state index in [1.165, 1.54) is 0 Å². The summed E-state index contributed by atoms with van der Waals surface area (Å²) in [5.74, 6) is 0. The highest BCUT2D eigenvalue weighted by atomic mass is 15.0. The zero-order valence-corrected chi connectivity index (χ0v) is 31.0. The number of fused-ring (bicyclic) bond motifs is 10. The van der Waals surface area contributed by atoms with E-state index in [-0.39, 0.29) is 0 Å². The van der Waals surface area contributed by atoms with Gasteiger partial charge in [-0.1, -0.05) is 127 Å². The summed E-state index contributed by atoms with van der Waals surface area (Å²) in [6, 6.07) is 56.7. The SMILES string of the molecule is c1ccc(-c2cc(-c3ccc(-c4nc5ccccc5c5nc6ccc(-c7cccnc7)cn6c45)cc3)c3nc4c5ccccc5nc(-c5ccccc5)c4n3c2)cc1. The maximum atomic E-state index is 5.45. The van der Waals surface area contributed by atoms with Crippen LogP contribution in [0.15, 0.2) is 189 Å². The highest BCUT2D eigenvalue weighted by Gasteiger charge is 2.21. The van der Waals surface area contributed by atoms with E-state index in [1.54, 1.807) is 6.20 Å². The zero-order valence-electron chi connectivity index (χ0n) is 31.0. The molecule has 0 saturated carbocycles. The number of nitrogens with zero attached hydrogens (tertiary/aromatic N) is 7. The van der Waals surface area contributed by atoms with Crippen molar-refractivity contribution in [2.75, 3.05) is 0 Å². The number of hydrogen-bond donors (Lipinski definition) is 0. The third kappa shape index (κ3) is 5.04. The Morgan fingerprint density at radius 1 is 0.379 bits per heavy atom. The molecule has 0 radical (unpaired) electrons. The van der Waals surface area contributed by atoms with Crippen molar-refractivity contribution in [2.24, 2.45) is 0 Å². The van der Waals surface area contributed by atoms with Crippen LogP contribution in [0.2, 0.25) is 0 Å². The number of pyridine rings is 5. The van der Waals surface area contributed by atoms with E-state index in [0.717, 1.165) is 111 Å². The molecule has 0 bridgehead atoms. The van der Waals surface area contributed by atoms with E-state index < -0.39 is 0 Å². The van der Waals surface area contributed by atoms with Crippen molar-refractivity contribution < 1.29 is 0 Å². The molecular weight excluding hydrogens is 711 g/mol.